The van der Waals surface area contributed by atoms with E-state index in [9.17, 15) is 4.79 Å². The van der Waals surface area contributed by atoms with Crippen molar-refractivity contribution < 1.29 is 4.79 Å². The second kappa shape index (κ2) is 7.66. The van der Waals surface area contributed by atoms with Gasteiger partial charge in [-0.25, -0.2) is 0 Å². The number of hydrogen-bond donors (Lipinski definition) is 1. The summed E-state index contributed by atoms with van der Waals surface area (Å²) in [5.74, 6) is -0.0181. The molecule has 1 rings (SSSR count). The third-order valence-electron chi connectivity index (χ3n) is 1.97. The van der Waals surface area contributed by atoms with E-state index in [1.807, 2.05) is 18.2 Å². The van der Waals surface area contributed by atoms with Crippen LogP contribution in [0.4, 0.5) is 0 Å². The predicted octanol–water partition coefficient (Wildman–Crippen LogP) is 4.16. The molecule has 16 heavy (non-hydrogen) atoms. The number of halogens is 3. The van der Waals surface area contributed by atoms with Gasteiger partial charge in [0.25, 0.3) is 5.91 Å². The number of unbranched alkanes of at least 4 members (excludes halogenated alkanes) is 1. The second-order valence-corrected chi connectivity index (χ2v) is 6.22. The molecule has 1 N–H and O–H groups in total. The molecule has 0 unspecified atom stereocenters. The first kappa shape index (κ1) is 14.4. The van der Waals surface area contributed by atoms with Gasteiger partial charge in [-0.2, -0.15) is 0 Å². The van der Waals surface area contributed by atoms with E-state index in [0.717, 1.165) is 32.8 Å². The van der Waals surface area contributed by atoms with Gasteiger partial charge >= 0.3 is 0 Å². The van der Waals surface area contributed by atoms with Crippen LogP contribution in [0.1, 0.15) is 23.2 Å². The number of nitrogens with one attached hydrogen (secondary N) is 1. The summed E-state index contributed by atoms with van der Waals surface area (Å²) in [6.45, 7) is 0.742. The van der Waals surface area contributed by atoms with Gasteiger partial charge in [-0.05, 0) is 35.5 Å². The van der Waals surface area contributed by atoms with Gasteiger partial charge in [-0.3, -0.25) is 4.79 Å². The highest BCUT2D eigenvalue weighted by atomic mass is 127. The predicted molar refractivity (Wildman–Crippen MR) is 82.3 cm³/mol. The second-order valence-electron chi connectivity index (χ2n) is 3.31. The molecule has 2 nitrogen and oxygen atoms in total. The zero-order chi connectivity index (χ0) is 12.0. The van der Waals surface area contributed by atoms with Crippen molar-refractivity contribution in [2.75, 3.05) is 11.0 Å². The lowest BCUT2D eigenvalue weighted by Crippen LogP contribution is -2.24. The molecule has 0 saturated heterocycles. The molecule has 0 spiro atoms. The Morgan fingerprint density at radius 2 is 1.81 bits per heavy atom. The topological polar surface area (TPSA) is 29.1 Å². The molecular weight excluding hydrogens is 449 g/mol. The Labute approximate surface area is 126 Å². The van der Waals surface area contributed by atoms with Crippen molar-refractivity contribution >= 4 is 60.4 Å². The van der Waals surface area contributed by atoms with Crippen LogP contribution in [0.15, 0.2) is 27.1 Å². The molecule has 1 aromatic carbocycles. The highest BCUT2D eigenvalue weighted by Crippen LogP contribution is 2.19. The zero-order valence-electron chi connectivity index (χ0n) is 8.60. The van der Waals surface area contributed by atoms with E-state index in [2.05, 4.69) is 59.8 Å². The summed E-state index contributed by atoms with van der Waals surface area (Å²) in [6.07, 6.45) is 2.17. The largest absolute Gasteiger partial charge is 0.352 e. The molecule has 0 fully saturated rings. The van der Waals surface area contributed by atoms with Crippen LogP contribution in [0.2, 0.25) is 0 Å². The summed E-state index contributed by atoms with van der Waals surface area (Å²) in [6, 6.07) is 5.55. The van der Waals surface area contributed by atoms with Gasteiger partial charge < -0.3 is 5.32 Å². The van der Waals surface area contributed by atoms with Crippen LogP contribution < -0.4 is 5.32 Å². The molecule has 1 amide bonds. The minimum absolute atomic E-state index is 0.0181. The normalized spacial score (nSPS) is 10.2. The molecule has 88 valence electrons. The Kier molecular flexibility index (Phi) is 6.91. The van der Waals surface area contributed by atoms with Crippen LogP contribution in [0.25, 0.3) is 0 Å². The number of benzene rings is 1. The average Bonchev–Trinajstić information content (AvgIpc) is 2.22. The number of rotatable bonds is 5. The maximum absolute atomic E-state index is 11.8. The van der Waals surface area contributed by atoms with Crippen LogP contribution >= 0.6 is 54.5 Å². The summed E-state index contributed by atoms with van der Waals surface area (Å²) in [5.41, 5.74) is 0.677. The molecule has 0 heterocycles. The molecule has 1 aromatic rings. The standard InChI is InChI=1S/C11H12Br2INO/c12-9-5-8(6-10(13)7-9)11(16)15-4-2-1-3-14/h5-7H,1-4H2,(H,15,16). The minimum atomic E-state index is -0.0181. The molecular formula is C11H12Br2INO. The first-order valence-corrected chi connectivity index (χ1v) is 8.05. The Morgan fingerprint density at radius 1 is 1.19 bits per heavy atom. The van der Waals surface area contributed by atoms with Gasteiger partial charge in [-0.15, -0.1) is 0 Å². The van der Waals surface area contributed by atoms with Crippen molar-refractivity contribution in [3.05, 3.63) is 32.7 Å². The van der Waals surface area contributed by atoms with Crippen LogP contribution in [-0.2, 0) is 0 Å². The number of hydrogen-bond acceptors (Lipinski definition) is 1. The van der Waals surface area contributed by atoms with E-state index in [-0.39, 0.29) is 5.91 Å². The van der Waals surface area contributed by atoms with E-state index in [4.69, 9.17) is 0 Å². The molecule has 0 bridgehead atoms. The van der Waals surface area contributed by atoms with Crippen molar-refractivity contribution in [1.82, 2.24) is 5.32 Å². The molecule has 0 aromatic heterocycles. The third-order valence-corrected chi connectivity index (χ3v) is 3.65. The monoisotopic (exact) mass is 459 g/mol. The lowest BCUT2D eigenvalue weighted by Gasteiger charge is -2.05. The SMILES string of the molecule is O=C(NCCCCI)c1cc(Br)cc(Br)c1. The van der Waals surface area contributed by atoms with E-state index in [0.29, 0.717) is 5.56 Å². The van der Waals surface area contributed by atoms with Gasteiger partial charge in [0.1, 0.15) is 0 Å². The first-order chi connectivity index (χ1) is 7.63. The maximum atomic E-state index is 11.8. The summed E-state index contributed by atoms with van der Waals surface area (Å²) in [7, 11) is 0. The zero-order valence-corrected chi connectivity index (χ0v) is 13.9. The smallest absolute Gasteiger partial charge is 0.251 e. The molecule has 0 aliphatic carbocycles. The quantitative estimate of drug-likeness (QED) is 0.399. The van der Waals surface area contributed by atoms with Gasteiger partial charge in [0.15, 0.2) is 0 Å². The van der Waals surface area contributed by atoms with E-state index in [1.54, 1.807) is 0 Å². The number of carbonyl (C=O) groups excluding carboxylic acids is 1. The van der Waals surface area contributed by atoms with Gasteiger partial charge in [0, 0.05) is 21.1 Å². The Bertz CT molecular complexity index is 351. The summed E-state index contributed by atoms with van der Waals surface area (Å²) < 4.78 is 2.94. The number of alkyl halides is 1. The third kappa shape index (κ3) is 5.14. The van der Waals surface area contributed by atoms with E-state index >= 15 is 0 Å². The molecule has 0 atom stereocenters. The fourth-order valence-corrected chi connectivity index (χ4v) is 3.04. The molecule has 0 radical (unpaired) electrons. The fraction of sp³-hybridized carbons (Fsp3) is 0.364. The van der Waals surface area contributed by atoms with Gasteiger partial charge in [0.2, 0.25) is 0 Å². The van der Waals surface area contributed by atoms with Crippen LogP contribution in [0, 0.1) is 0 Å². The summed E-state index contributed by atoms with van der Waals surface area (Å²) >= 11 is 9.07. The Hall–Kier alpha value is 0.380. The molecule has 0 aliphatic rings. The van der Waals surface area contributed by atoms with Gasteiger partial charge in [0.05, 0.1) is 0 Å². The minimum Gasteiger partial charge on any atom is -0.352 e. The van der Waals surface area contributed by atoms with Crippen molar-refractivity contribution in [3.63, 3.8) is 0 Å². The lowest BCUT2D eigenvalue weighted by molar-refractivity contribution is 0.0953. The van der Waals surface area contributed by atoms with E-state index in [1.165, 1.54) is 0 Å². The lowest BCUT2D eigenvalue weighted by atomic mass is 10.2. The maximum Gasteiger partial charge on any atom is 0.251 e. The first-order valence-electron chi connectivity index (χ1n) is 4.93. The number of amides is 1. The summed E-state index contributed by atoms with van der Waals surface area (Å²) in [4.78, 5) is 11.8. The molecule has 0 saturated carbocycles. The summed E-state index contributed by atoms with van der Waals surface area (Å²) in [5, 5.41) is 2.90. The van der Waals surface area contributed by atoms with Crippen LogP contribution in [0.5, 0.6) is 0 Å². The average molecular weight is 461 g/mol. The molecule has 5 heteroatoms. The van der Waals surface area contributed by atoms with Crippen molar-refractivity contribution in [1.29, 1.82) is 0 Å². The van der Waals surface area contributed by atoms with Crippen LogP contribution in [0.3, 0.4) is 0 Å². The Balaban J connectivity index is 2.52. The molecule has 0 aliphatic heterocycles. The van der Waals surface area contributed by atoms with Crippen LogP contribution in [-0.4, -0.2) is 16.9 Å². The Morgan fingerprint density at radius 3 is 2.38 bits per heavy atom. The number of carbonyl (C=O) groups is 1. The van der Waals surface area contributed by atoms with Crippen molar-refractivity contribution in [3.8, 4) is 0 Å². The van der Waals surface area contributed by atoms with Crippen molar-refractivity contribution in [2.45, 2.75) is 12.8 Å². The van der Waals surface area contributed by atoms with Crippen molar-refractivity contribution in [2.24, 2.45) is 0 Å². The highest BCUT2D eigenvalue weighted by Gasteiger charge is 2.06. The van der Waals surface area contributed by atoms with E-state index < -0.39 is 0 Å². The highest BCUT2D eigenvalue weighted by molar-refractivity contribution is 14.1. The van der Waals surface area contributed by atoms with Gasteiger partial charge in [-0.1, -0.05) is 54.5 Å². The fourth-order valence-electron chi connectivity index (χ4n) is 1.21.